The third-order valence-corrected chi connectivity index (χ3v) is 12.7. The topological polar surface area (TPSA) is 35.6 Å². The molecule has 12 aromatic rings. The van der Waals surface area contributed by atoms with Gasteiger partial charge in [0, 0.05) is 25.2 Å². The Morgan fingerprint density at radius 3 is 0.984 bits per heavy atom. The Bertz CT molecular complexity index is 3460. The number of aromatic nitrogens is 4. The molecule has 0 aliphatic carbocycles. The van der Waals surface area contributed by atoms with Gasteiger partial charge >= 0.3 is 0 Å². The van der Waals surface area contributed by atoms with Crippen molar-refractivity contribution in [2.75, 3.05) is 0 Å². The Hall–Kier alpha value is -8.08. The van der Waals surface area contributed by atoms with E-state index < -0.39 is 0 Å². The van der Waals surface area contributed by atoms with E-state index in [1.807, 2.05) is 0 Å². The van der Waals surface area contributed by atoms with Crippen LogP contribution in [0.2, 0.25) is 0 Å². The van der Waals surface area contributed by atoms with Crippen LogP contribution < -0.4 is 0 Å². The van der Waals surface area contributed by atoms with Gasteiger partial charge in [0.25, 0.3) is 0 Å². The highest BCUT2D eigenvalue weighted by Crippen LogP contribution is 2.39. The largest absolute Gasteiger partial charge is 0.327 e. The smallest absolute Gasteiger partial charge is 0.140 e. The van der Waals surface area contributed by atoms with E-state index in [0.717, 1.165) is 56.0 Å². The van der Waals surface area contributed by atoms with Crippen LogP contribution in [0.5, 0.6) is 0 Å². The quantitative estimate of drug-likeness (QED) is 0.168. The summed E-state index contributed by atoms with van der Waals surface area (Å²) in [4.78, 5) is 10.4. The first-order chi connectivity index (χ1) is 30.5. The van der Waals surface area contributed by atoms with Crippen LogP contribution in [0.25, 0.3) is 122 Å². The molecule has 0 unspecified atom stereocenters. The van der Waals surface area contributed by atoms with Crippen LogP contribution in [0.15, 0.2) is 206 Å². The van der Waals surface area contributed by atoms with Crippen molar-refractivity contribution >= 4 is 54.4 Å². The number of aryl methyl sites for hydroxylation is 2. The zero-order valence-electron chi connectivity index (χ0n) is 34.4. The fourth-order valence-electron chi connectivity index (χ4n) is 9.33. The summed E-state index contributed by atoms with van der Waals surface area (Å²) in [6.07, 6.45) is 0. The van der Waals surface area contributed by atoms with Crippen molar-refractivity contribution in [2.24, 2.45) is 14.1 Å². The number of hydrogen-bond donors (Lipinski definition) is 0. The molecule has 10 aromatic carbocycles. The van der Waals surface area contributed by atoms with Gasteiger partial charge in [-0.2, -0.15) is 0 Å². The normalized spacial score (nSPS) is 11.7. The maximum Gasteiger partial charge on any atom is 0.140 e. The second-order valence-corrected chi connectivity index (χ2v) is 16.4. The highest BCUT2D eigenvalue weighted by molar-refractivity contribution is 5.98. The molecule has 2 heterocycles. The van der Waals surface area contributed by atoms with Gasteiger partial charge in [-0.25, -0.2) is 9.97 Å². The summed E-state index contributed by atoms with van der Waals surface area (Å²) < 4.78 is 4.40. The molecule has 0 amide bonds. The van der Waals surface area contributed by atoms with E-state index in [-0.39, 0.29) is 0 Å². The predicted octanol–water partition coefficient (Wildman–Crippen LogP) is 14.9. The van der Waals surface area contributed by atoms with Crippen molar-refractivity contribution in [3.05, 3.63) is 206 Å². The van der Waals surface area contributed by atoms with E-state index in [1.54, 1.807) is 0 Å². The van der Waals surface area contributed by atoms with Crippen LogP contribution >= 0.6 is 0 Å². The molecule has 0 saturated carbocycles. The molecule has 12 rings (SSSR count). The highest BCUT2D eigenvalue weighted by atomic mass is 15.1. The monoisotopic (exact) mass is 792 g/mol. The fraction of sp³-hybridized carbons (Fsp3) is 0.0345. The maximum atomic E-state index is 5.18. The molecule has 0 aliphatic heterocycles. The number of rotatable bonds is 6. The van der Waals surface area contributed by atoms with Crippen molar-refractivity contribution in [2.45, 2.75) is 0 Å². The molecule has 2 aromatic heterocycles. The van der Waals surface area contributed by atoms with Gasteiger partial charge in [0.15, 0.2) is 0 Å². The lowest BCUT2D eigenvalue weighted by molar-refractivity contribution is 0.959. The maximum absolute atomic E-state index is 5.18. The first-order valence-corrected chi connectivity index (χ1v) is 21.2. The minimum atomic E-state index is 0.948. The van der Waals surface area contributed by atoms with E-state index in [0.29, 0.717) is 0 Å². The zero-order valence-corrected chi connectivity index (χ0v) is 34.4. The molecule has 4 nitrogen and oxygen atoms in total. The Kier molecular flexibility index (Phi) is 8.26. The molecule has 0 bridgehead atoms. The molecular weight excluding hydrogens is 753 g/mol. The van der Waals surface area contributed by atoms with E-state index in [9.17, 15) is 0 Å². The summed E-state index contributed by atoms with van der Waals surface area (Å²) in [5.41, 5.74) is 15.8. The summed E-state index contributed by atoms with van der Waals surface area (Å²) in [5.74, 6) is 1.90. The number of imidazole rings is 2. The number of hydrogen-bond acceptors (Lipinski definition) is 2. The van der Waals surface area contributed by atoms with Gasteiger partial charge in [-0.15, -0.1) is 0 Å². The molecule has 0 aliphatic rings. The average Bonchev–Trinajstić information content (AvgIpc) is 3.85. The molecule has 62 heavy (non-hydrogen) atoms. The molecule has 0 saturated heterocycles. The average molecular weight is 793 g/mol. The minimum absolute atomic E-state index is 0.948. The Balaban J connectivity index is 0.867. The summed E-state index contributed by atoms with van der Waals surface area (Å²) in [6.45, 7) is 0. The van der Waals surface area contributed by atoms with E-state index >= 15 is 0 Å². The Labute approximate surface area is 359 Å². The standard InChI is InChI=1S/C58H40N4/c1-61-55-29-27-49(47-25-15-37-9-3-5-11-43(37)31-47)35-53(55)59-57(61)41-21-17-39(18-22-41)51-33-45-13-7-8-14-46(45)34-52(51)40-19-23-42(24-20-40)58-60-54-36-50(28-30-56(54)62(58)2)48-26-16-38-10-4-6-12-44(38)32-48/h3-36H,1-2H3. The third kappa shape index (κ3) is 6.07. The SMILES string of the molecule is Cn1c(-c2ccc(-c3cc4ccccc4cc3-c3ccc(-c4nc5cc(-c6ccc7ccccc7c6)ccc5n4C)cc3)cc2)nc2cc(-c3ccc4ccccc4c3)ccc21. The zero-order chi connectivity index (χ0) is 41.3. The Morgan fingerprint density at radius 2 is 0.581 bits per heavy atom. The van der Waals surface area contributed by atoms with Crippen molar-refractivity contribution in [1.82, 2.24) is 19.1 Å². The van der Waals surface area contributed by atoms with Crippen LogP contribution in [0.4, 0.5) is 0 Å². The molecule has 0 N–H and O–H groups in total. The van der Waals surface area contributed by atoms with Crippen molar-refractivity contribution < 1.29 is 0 Å². The van der Waals surface area contributed by atoms with Gasteiger partial charge in [0.2, 0.25) is 0 Å². The lowest BCUT2D eigenvalue weighted by atomic mass is 9.90. The van der Waals surface area contributed by atoms with Crippen LogP contribution in [-0.4, -0.2) is 19.1 Å². The van der Waals surface area contributed by atoms with Crippen molar-refractivity contribution in [3.63, 3.8) is 0 Å². The Morgan fingerprint density at radius 1 is 0.274 bits per heavy atom. The second kappa shape index (κ2) is 14.3. The summed E-state index contributed by atoms with van der Waals surface area (Å²) in [7, 11) is 4.22. The molecule has 292 valence electrons. The van der Waals surface area contributed by atoms with Crippen molar-refractivity contribution in [1.29, 1.82) is 0 Å². The van der Waals surface area contributed by atoms with Gasteiger partial charge in [-0.3, -0.25) is 0 Å². The van der Waals surface area contributed by atoms with Crippen LogP contribution in [0.1, 0.15) is 0 Å². The van der Waals surface area contributed by atoms with E-state index in [2.05, 4.69) is 229 Å². The van der Waals surface area contributed by atoms with Crippen LogP contribution in [0, 0.1) is 0 Å². The van der Waals surface area contributed by atoms with E-state index in [4.69, 9.17) is 9.97 Å². The first-order valence-electron chi connectivity index (χ1n) is 21.2. The number of fused-ring (bicyclic) bond motifs is 5. The minimum Gasteiger partial charge on any atom is -0.327 e. The molecule has 0 spiro atoms. The van der Waals surface area contributed by atoms with Crippen molar-refractivity contribution in [3.8, 4) is 67.3 Å². The highest BCUT2D eigenvalue weighted by Gasteiger charge is 2.16. The van der Waals surface area contributed by atoms with Crippen LogP contribution in [0.3, 0.4) is 0 Å². The molecule has 0 atom stereocenters. The lowest BCUT2D eigenvalue weighted by Crippen LogP contribution is -1.93. The first kappa shape index (κ1) is 35.8. The van der Waals surface area contributed by atoms with Gasteiger partial charge in [0.05, 0.1) is 22.1 Å². The summed E-state index contributed by atoms with van der Waals surface area (Å²) >= 11 is 0. The van der Waals surface area contributed by atoms with E-state index in [1.165, 1.54) is 65.7 Å². The lowest BCUT2D eigenvalue weighted by Gasteiger charge is -2.14. The van der Waals surface area contributed by atoms with Gasteiger partial charge in [0.1, 0.15) is 11.6 Å². The number of benzene rings is 10. The molecule has 0 fully saturated rings. The van der Waals surface area contributed by atoms with Gasteiger partial charge in [-0.1, -0.05) is 158 Å². The third-order valence-electron chi connectivity index (χ3n) is 12.7. The number of nitrogens with zero attached hydrogens (tertiary/aromatic N) is 4. The fourth-order valence-corrected chi connectivity index (χ4v) is 9.33. The summed E-state index contributed by atoms with van der Waals surface area (Å²) in [5, 5.41) is 7.40. The van der Waals surface area contributed by atoms with Crippen LogP contribution in [-0.2, 0) is 14.1 Å². The van der Waals surface area contributed by atoms with Gasteiger partial charge < -0.3 is 9.13 Å². The summed E-state index contributed by atoms with van der Waals surface area (Å²) in [6, 6.07) is 74.6. The molecule has 4 heteroatoms. The molecule has 0 radical (unpaired) electrons. The van der Waals surface area contributed by atoms with Gasteiger partial charge in [-0.05, 0) is 125 Å². The second-order valence-electron chi connectivity index (χ2n) is 16.4. The molecular formula is C58H40N4. The predicted molar refractivity (Wildman–Crippen MR) is 260 cm³/mol.